The molecule has 2 aliphatic heterocycles. The molecule has 2 heterocycles. The molecule has 5 rings (SSSR count). The Morgan fingerprint density at radius 3 is 2.47 bits per heavy atom. The van der Waals surface area contributed by atoms with Crippen LogP contribution < -0.4 is 20.5 Å². The van der Waals surface area contributed by atoms with E-state index < -0.39 is 6.41 Å². The first-order valence-corrected chi connectivity index (χ1v) is 10.7. The van der Waals surface area contributed by atoms with Crippen LogP contribution in [0.5, 0.6) is 11.5 Å². The number of morpholine rings is 1. The molecule has 7 heteroatoms. The maximum absolute atomic E-state index is 13.0. The van der Waals surface area contributed by atoms with Gasteiger partial charge in [-0.1, -0.05) is 42.5 Å². The predicted molar refractivity (Wildman–Crippen MR) is 120 cm³/mol. The molecule has 2 atom stereocenters. The molecule has 3 aromatic carbocycles. The first-order valence-electron chi connectivity index (χ1n) is 10.7. The van der Waals surface area contributed by atoms with Crippen molar-refractivity contribution in [2.75, 3.05) is 26.3 Å². The van der Waals surface area contributed by atoms with Crippen LogP contribution in [-0.4, -0.2) is 43.5 Å². The van der Waals surface area contributed by atoms with Crippen LogP contribution >= 0.6 is 0 Å². The van der Waals surface area contributed by atoms with Crippen molar-refractivity contribution in [2.24, 2.45) is 5.73 Å². The number of hydrogen-bond donors (Lipinski definition) is 2. The Labute approximate surface area is 186 Å². The van der Waals surface area contributed by atoms with E-state index >= 15 is 0 Å². The summed E-state index contributed by atoms with van der Waals surface area (Å²) in [4.78, 5) is 15.2. The van der Waals surface area contributed by atoms with Gasteiger partial charge >= 0.3 is 0 Å². The summed E-state index contributed by atoms with van der Waals surface area (Å²) >= 11 is 0. The standard InChI is InChI=1S/C25H25N3O4/c26-25-31-21-10-9-19(16-22(21)32-25)18-7-4-8-20(15-18)23(28-11-13-30-14-12-28)27-24(29)17-5-2-1-3-6-17/h1-10,15-16,23,25H,11-14,26H2,(H,27,29). The Hall–Kier alpha value is -3.39. The van der Waals surface area contributed by atoms with E-state index in [4.69, 9.17) is 19.9 Å². The molecule has 1 fully saturated rings. The van der Waals surface area contributed by atoms with Crippen molar-refractivity contribution in [1.29, 1.82) is 0 Å². The van der Waals surface area contributed by atoms with E-state index in [0.29, 0.717) is 30.3 Å². The van der Waals surface area contributed by atoms with Crippen molar-refractivity contribution in [3.05, 3.63) is 83.9 Å². The zero-order valence-electron chi connectivity index (χ0n) is 17.6. The largest absolute Gasteiger partial charge is 0.438 e. The van der Waals surface area contributed by atoms with E-state index in [1.165, 1.54) is 0 Å². The number of ether oxygens (including phenoxy) is 3. The molecule has 7 nitrogen and oxygen atoms in total. The van der Waals surface area contributed by atoms with Gasteiger partial charge in [0.25, 0.3) is 12.3 Å². The van der Waals surface area contributed by atoms with Crippen LogP contribution in [0.3, 0.4) is 0 Å². The smallest absolute Gasteiger partial charge is 0.300 e. The summed E-state index contributed by atoms with van der Waals surface area (Å²) in [6.07, 6.45) is -1.04. The third-order valence-corrected chi connectivity index (χ3v) is 5.68. The van der Waals surface area contributed by atoms with Gasteiger partial charge in [-0.3, -0.25) is 15.4 Å². The Kier molecular flexibility index (Phi) is 5.77. The molecule has 0 aliphatic carbocycles. The number of carbonyl (C=O) groups excluding carboxylic acids is 1. The molecule has 164 valence electrons. The van der Waals surface area contributed by atoms with Gasteiger partial charge in [-0.25, -0.2) is 0 Å². The van der Waals surface area contributed by atoms with Gasteiger partial charge in [-0.15, -0.1) is 0 Å². The quantitative estimate of drug-likeness (QED) is 0.646. The zero-order valence-corrected chi connectivity index (χ0v) is 17.6. The fourth-order valence-corrected chi connectivity index (χ4v) is 4.06. The number of nitrogens with one attached hydrogen (secondary N) is 1. The van der Waals surface area contributed by atoms with E-state index in [1.54, 1.807) is 0 Å². The number of carbonyl (C=O) groups is 1. The van der Waals surface area contributed by atoms with Crippen LogP contribution in [0.4, 0.5) is 0 Å². The molecule has 1 saturated heterocycles. The lowest BCUT2D eigenvalue weighted by molar-refractivity contribution is 0.00848. The second-order valence-corrected chi connectivity index (χ2v) is 7.78. The van der Waals surface area contributed by atoms with Crippen molar-refractivity contribution in [1.82, 2.24) is 10.2 Å². The van der Waals surface area contributed by atoms with Crippen molar-refractivity contribution < 1.29 is 19.0 Å². The minimum atomic E-state index is -0.773. The Morgan fingerprint density at radius 1 is 0.906 bits per heavy atom. The summed E-state index contributed by atoms with van der Waals surface area (Å²) < 4.78 is 16.5. The first-order chi connectivity index (χ1) is 15.7. The highest BCUT2D eigenvalue weighted by Crippen LogP contribution is 2.37. The third-order valence-electron chi connectivity index (χ3n) is 5.68. The Morgan fingerprint density at radius 2 is 1.66 bits per heavy atom. The lowest BCUT2D eigenvalue weighted by Gasteiger charge is -2.35. The van der Waals surface area contributed by atoms with E-state index in [-0.39, 0.29) is 12.1 Å². The van der Waals surface area contributed by atoms with Crippen LogP contribution in [0.2, 0.25) is 0 Å². The van der Waals surface area contributed by atoms with Crippen molar-refractivity contribution in [3.63, 3.8) is 0 Å². The van der Waals surface area contributed by atoms with Gasteiger partial charge in [-0.2, -0.15) is 0 Å². The number of fused-ring (bicyclic) bond motifs is 1. The summed E-state index contributed by atoms with van der Waals surface area (Å²) in [5.74, 6) is 1.16. The minimum Gasteiger partial charge on any atom is -0.438 e. The molecule has 3 aromatic rings. The fourth-order valence-electron chi connectivity index (χ4n) is 4.06. The van der Waals surface area contributed by atoms with E-state index in [0.717, 1.165) is 29.8 Å². The highest BCUT2D eigenvalue weighted by Gasteiger charge is 2.26. The minimum absolute atomic E-state index is 0.107. The molecule has 0 bridgehead atoms. The molecule has 0 saturated carbocycles. The van der Waals surface area contributed by atoms with Gasteiger partial charge in [0.2, 0.25) is 0 Å². The topological polar surface area (TPSA) is 86.0 Å². The number of rotatable bonds is 5. The molecule has 0 spiro atoms. The third kappa shape index (κ3) is 4.31. The van der Waals surface area contributed by atoms with Gasteiger partial charge in [0.05, 0.1) is 13.2 Å². The summed E-state index contributed by atoms with van der Waals surface area (Å²) in [5.41, 5.74) is 9.35. The van der Waals surface area contributed by atoms with Crippen LogP contribution in [0.15, 0.2) is 72.8 Å². The monoisotopic (exact) mass is 431 g/mol. The molecule has 2 unspecified atom stereocenters. The van der Waals surface area contributed by atoms with E-state index in [1.807, 2.05) is 66.7 Å². The van der Waals surface area contributed by atoms with Crippen LogP contribution in [0.25, 0.3) is 11.1 Å². The Bertz CT molecular complexity index is 1100. The van der Waals surface area contributed by atoms with Crippen molar-refractivity contribution in [3.8, 4) is 22.6 Å². The molecule has 32 heavy (non-hydrogen) atoms. The van der Waals surface area contributed by atoms with E-state index in [2.05, 4.69) is 16.3 Å². The maximum atomic E-state index is 13.0. The van der Waals surface area contributed by atoms with Gasteiger partial charge < -0.3 is 19.5 Å². The summed E-state index contributed by atoms with van der Waals surface area (Å²) in [7, 11) is 0. The fraction of sp³-hybridized carbons (Fsp3) is 0.240. The highest BCUT2D eigenvalue weighted by molar-refractivity contribution is 5.94. The average molecular weight is 431 g/mol. The lowest BCUT2D eigenvalue weighted by Crippen LogP contribution is -2.46. The molecular weight excluding hydrogens is 406 g/mol. The van der Waals surface area contributed by atoms with Crippen LogP contribution in [0, 0.1) is 0 Å². The molecule has 0 aromatic heterocycles. The number of nitrogens with zero attached hydrogens (tertiary/aromatic N) is 1. The van der Waals surface area contributed by atoms with Gasteiger partial charge in [-0.05, 0) is 47.0 Å². The van der Waals surface area contributed by atoms with Gasteiger partial charge in [0, 0.05) is 18.7 Å². The summed E-state index contributed by atoms with van der Waals surface area (Å²) in [6, 6.07) is 23.2. The molecule has 2 aliphatic rings. The van der Waals surface area contributed by atoms with Crippen molar-refractivity contribution >= 4 is 5.91 Å². The number of hydrogen-bond acceptors (Lipinski definition) is 6. The maximum Gasteiger partial charge on any atom is 0.300 e. The highest BCUT2D eigenvalue weighted by atomic mass is 16.7. The predicted octanol–water partition coefficient (Wildman–Crippen LogP) is 3.13. The second kappa shape index (κ2) is 9.00. The number of amides is 1. The summed E-state index contributed by atoms with van der Waals surface area (Å²) in [6.45, 7) is 2.76. The second-order valence-electron chi connectivity index (χ2n) is 7.78. The van der Waals surface area contributed by atoms with Crippen LogP contribution in [-0.2, 0) is 4.74 Å². The van der Waals surface area contributed by atoms with E-state index in [9.17, 15) is 4.79 Å². The van der Waals surface area contributed by atoms with Gasteiger partial charge in [0.15, 0.2) is 11.5 Å². The number of benzene rings is 3. The van der Waals surface area contributed by atoms with Gasteiger partial charge in [0.1, 0.15) is 6.17 Å². The molecular formula is C25H25N3O4. The molecule has 0 radical (unpaired) electrons. The Balaban J connectivity index is 1.45. The SMILES string of the molecule is NC1Oc2ccc(-c3cccc(C(NC(=O)c4ccccc4)N4CCOCC4)c3)cc2O1. The summed E-state index contributed by atoms with van der Waals surface area (Å²) in [5, 5.41) is 3.22. The number of nitrogens with two attached hydrogens (primary N) is 1. The zero-order chi connectivity index (χ0) is 21.9. The van der Waals surface area contributed by atoms with Crippen LogP contribution in [0.1, 0.15) is 22.1 Å². The first kappa shape index (κ1) is 20.5. The average Bonchev–Trinajstić information content (AvgIpc) is 3.23. The molecule has 3 N–H and O–H groups in total. The van der Waals surface area contributed by atoms with Crippen molar-refractivity contribution in [2.45, 2.75) is 12.6 Å². The molecule has 1 amide bonds. The normalized spacial score (nSPS) is 18.8. The lowest BCUT2D eigenvalue weighted by atomic mass is 10.0.